The molecular formula is C24H25N7OS. The fraction of sp³-hybridized carbons (Fsp3) is 0.333. The van der Waals surface area contributed by atoms with Crippen LogP contribution in [0.25, 0.3) is 0 Å². The van der Waals surface area contributed by atoms with E-state index in [1.54, 1.807) is 0 Å². The second kappa shape index (κ2) is 8.81. The molecule has 2 aliphatic rings. The fourth-order valence-electron chi connectivity index (χ4n) is 4.00. The van der Waals surface area contributed by atoms with Gasteiger partial charge in [-0.3, -0.25) is 4.79 Å². The Bertz CT molecular complexity index is 1240. The molecule has 1 amide bonds. The molecule has 3 aromatic rings. The monoisotopic (exact) mass is 459 g/mol. The lowest BCUT2D eigenvalue weighted by molar-refractivity contribution is 0.0956. The van der Waals surface area contributed by atoms with Crippen molar-refractivity contribution in [2.24, 2.45) is 0 Å². The first kappa shape index (κ1) is 21.4. The minimum Gasteiger partial charge on any atom is -0.352 e. The average molecular weight is 460 g/mol. The van der Waals surface area contributed by atoms with Crippen LogP contribution in [0.3, 0.4) is 0 Å². The smallest absolute Gasteiger partial charge is 0.256 e. The molecule has 1 aromatic carbocycles. The van der Waals surface area contributed by atoms with Gasteiger partial charge in [-0.1, -0.05) is 6.07 Å². The van der Waals surface area contributed by atoms with E-state index in [-0.39, 0.29) is 11.3 Å². The van der Waals surface area contributed by atoms with Crippen molar-refractivity contribution in [1.29, 1.82) is 5.26 Å². The zero-order valence-corrected chi connectivity index (χ0v) is 19.2. The number of nitriles is 1. The van der Waals surface area contributed by atoms with Crippen molar-refractivity contribution >= 4 is 39.7 Å². The average Bonchev–Trinajstić information content (AvgIpc) is 3.50. The molecule has 0 atom stereocenters. The van der Waals surface area contributed by atoms with Crippen molar-refractivity contribution < 1.29 is 4.79 Å². The highest BCUT2D eigenvalue weighted by Crippen LogP contribution is 2.49. The number of hydrogen-bond donors (Lipinski definition) is 4. The van der Waals surface area contributed by atoms with E-state index in [1.807, 2.05) is 24.4 Å². The summed E-state index contributed by atoms with van der Waals surface area (Å²) in [5.41, 5.74) is 4.58. The number of thiophene rings is 1. The Kier molecular flexibility index (Phi) is 5.70. The lowest BCUT2D eigenvalue weighted by atomic mass is 10.0. The van der Waals surface area contributed by atoms with Gasteiger partial charge in [0.15, 0.2) is 0 Å². The minimum atomic E-state index is -0.348. The molecule has 3 heterocycles. The van der Waals surface area contributed by atoms with Crippen LogP contribution in [0, 0.1) is 11.3 Å². The number of nitrogens with zero attached hydrogens (tertiary/aromatic N) is 3. The first-order chi connectivity index (χ1) is 16.1. The Morgan fingerprint density at radius 1 is 1.27 bits per heavy atom. The Hall–Kier alpha value is -3.48. The van der Waals surface area contributed by atoms with Gasteiger partial charge in [0.05, 0.1) is 16.5 Å². The van der Waals surface area contributed by atoms with Gasteiger partial charge in [0, 0.05) is 25.0 Å². The van der Waals surface area contributed by atoms with Crippen molar-refractivity contribution in [2.45, 2.75) is 38.1 Å². The first-order valence-electron chi connectivity index (χ1n) is 11.1. The SMILES string of the molecule is CCNC(=O)c1cnc(Nc2ccc3c(c2)CCNC3)nc1Nc1cc(C2(C#N)CC2)cs1. The van der Waals surface area contributed by atoms with E-state index in [1.165, 1.54) is 28.7 Å². The molecule has 2 aromatic heterocycles. The lowest BCUT2D eigenvalue weighted by Crippen LogP contribution is -2.24. The molecule has 1 saturated carbocycles. The van der Waals surface area contributed by atoms with Gasteiger partial charge in [0.2, 0.25) is 5.95 Å². The Morgan fingerprint density at radius 3 is 2.94 bits per heavy atom. The summed E-state index contributed by atoms with van der Waals surface area (Å²) in [6.07, 6.45) is 4.31. The van der Waals surface area contributed by atoms with Gasteiger partial charge in [-0.25, -0.2) is 4.98 Å². The van der Waals surface area contributed by atoms with E-state index in [2.05, 4.69) is 49.4 Å². The highest BCUT2D eigenvalue weighted by atomic mass is 32.1. The molecule has 4 N–H and O–H groups in total. The van der Waals surface area contributed by atoms with Crippen LogP contribution in [0.15, 0.2) is 35.8 Å². The first-order valence-corrected chi connectivity index (χ1v) is 12.0. The van der Waals surface area contributed by atoms with Gasteiger partial charge in [-0.15, -0.1) is 11.3 Å². The number of fused-ring (bicyclic) bond motifs is 1. The second-order valence-corrected chi connectivity index (χ2v) is 9.28. The molecule has 33 heavy (non-hydrogen) atoms. The molecule has 1 aliphatic carbocycles. The van der Waals surface area contributed by atoms with Gasteiger partial charge in [-0.05, 0) is 73.0 Å². The van der Waals surface area contributed by atoms with E-state index >= 15 is 0 Å². The molecule has 1 aliphatic heterocycles. The Balaban J connectivity index is 1.42. The number of aromatic nitrogens is 2. The van der Waals surface area contributed by atoms with E-state index < -0.39 is 0 Å². The predicted octanol–water partition coefficient (Wildman–Crippen LogP) is 3.98. The third kappa shape index (κ3) is 4.40. The van der Waals surface area contributed by atoms with Crippen LogP contribution < -0.4 is 21.3 Å². The third-order valence-corrected chi connectivity index (χ3v) is 6.92. The summed E-state index contributed by atoms with van der Waals surface area (Å²) in [5.74, 6) is 0.600. The third-order valence-electron chi connectivity index (χ3n) is 6.08. The highest BCUT2D eigenvalue weighted by Gasteiger charge is 2.45. The van der Waals surface area contributed by atoms with E-state index in [0.29, 0.717) is 23.9 Å². The van der Waals surface area contributed by atoms with Crippen molar-refractivity contribution in [3.05, 3.63) is 58.1 Å². The van der Waals surface area contributed by atoms with Crippen LogP contribution in [-0.4, -0.2) is 29.0 Å². The van der Waals surface area contributed by atoms with Gasteiger partial charge < -0.3 is 21.3 Å². The summed E-state index contributed by atoms with van der Waals surface area (Å²) >= 11 is 1.51. The summed E-state index contributed by atoms with van der Waals surface area (Å²) in [6, 6.07) is 10.7. The molecule has 0 radical (unpaired) electrons. The van der Waals surface area contributed by atoms with E-state index in [4.69, 9.17) is 0 Å². The van der Waals surface area contributed by atoms with Crippen LogP contribution in [0.1, 0.15) is 46.8 Å². The van der Waals surface area contributed by atoms with E-state index in [9.17, 15) is 10.1 Å². The molecule has 5 rings (SSSR count). The van der Waals surface area contributed by atoms with Gasteiger partial charge in [-0.2, -0.15) is 10.2 Å². The zero-order valence-electron chi connectivity index (χ0n) is 18.4. The second-order valence-electron chi connectivity index (χ2n) is 8.37. The number of amides is 1. The molecular weight excluding hydrogens is 434 g/mol. The number of anilines is 4. The number of nitrogens with one attached hydrogen (secondary N) is 4. The van der Waals surface area contributed by atoms with Crippen LogP contribution in [0.5, 0.6) is 0 Å². The molecule has 168 valence electrons. The summed E-state index contributed by atoms with van der Waals surface area (Å²) in [7, 11) is 0. The maximum absolute atomic E-state index is 12.6. The van der Waals surface area contributed by atoms with Gasteiger partial charge >= 0.3 is 0 Å². The fourth-order valence-corrected chi connectivity index (χ4v) is 4.90. The number of benzene rings is 1. The van der Waals surface area contributed by atoms with Crippen LogP contribution >= 0.6 is 11.3 Å². The zero-order chi connectivity index (χ0) is 22.8. The predicted molar refractivity (Wildman–Crippen MR) is 129 cm³/mol. The number of rotatable bonds is 7. The van der Waals surface area contributed by atoms with Crippen molar-refractivity contribution in [1.82, 2.24) is 20.6 Å². The number of hydrogen-bond acceptors (Lipinski definition) is 8. The summed E-state index contributed by atoms with van der Waals surface area (Å²) in [4.78, 5) is 21.6. The maximum Gasteiger partial charge on any atom is 0.256 e. The molecule has 1 fully saturated rings. The van der Waals surface area contributed by atoms with Crippen LogP contribution in [-0.2, 0) is 18.4 Å². The molecule has 0 spiro atoms. The molecule has 0 unspecified atom stereocenters. The van der Waals surface area contributed by atoms with Gasteiger partial charge in [0.1, 0.15) is 11.4 Å². The normalized spacial score (nSPS) is 15.8. The van der Waals surface area contributed by atoms with Crippen LogP contribution in [0.4, 0.5) is 22.5 Å². The number of carbonyl (C=O) groups excluding carboxylic acids is 1. The van der Waals surface area contributed by atoms with Crippen molar-refractivity contribution in [2.75, 3.05) is 23.7 Å². The van der Waals surface area contributed by atoms with E-state index in [0.717, 1.165) is 48.6 Å². The summed E-state index contributed by atoms with van der Waals surface area (Å²) < 4.78 is 0. The van der Waals surface area contributed by atoms with Crippen molar-refractivity contribution in [3.63, 3.8) is 0 Å². The van der Waals surface area contributed by atoms with Crippen molar-refractivity contribution in [3.8, 4) is 6.07 Å². The standard InChI is InChI=1S/C24H25N7OS/c1-2-27-22(32)19-12-28-23(29-18-4-3-16-11-26-8-5-15(16)9-18)31-21(19)30-20-10-17(13-33-20)24(14-25)6-7-24/h3-4,9-10,12-13,26H,2,5-8,11H2,1H3,(H,27,32)(H2,28,29,30,31). The minimum absolute atomic E-state index is 0.236. The lowest BCUT2D eigenvalue weighted by Gasteiger charge is -2.18. The summed E-state index contributed by atoms with van der Waals surface area (Å²) in [5, 5.41) is 25.1. The molecule has 9 heteroatoms. The van der Waals surface area contributed by atoms with Gasteiger partial charge in [0.25, 0.3) is 5.91 Å². The largest absolute Gasteiger partial charge is 0.352 e. The maximum atomic E-state index is 12.6. The summed E-state index contributed by atoms with van der Waals surface area (Å²) in [6.45, 7) is 4.24. The molecule has 8 nitrogen and oxygen atoms in total. The Morgan fingerprint density at radius 2 is 2.15 bits per heavy atom. The quantitative estimate of drug-likeness (QED) is 0.422. The topological polar surface area (TPSA) is 115 Å². The van der Waals surface area contributed by atoms with Crippen LogP contribution in [0.2, 0.25) is 0 Å². The molecule has 0 saturated heterocycles. The highest BCUT2D eigenvalue weighted by molar-refractivity contribution is 7.14. The molecule has 0 bridgehead atoms. The Labute approximate surface area is 196 Å². The number of carbonyl (C=O) groups is 1.